The van der Waals surface area contributed by atoms with Gasteiger partial charge in [0.05, 0.1) is 18.3 Å². The predicted molar refractivity (Wildman–Crippen MR) is 132 cm³/mol. The number of rotatable bonds is 6. The first kappa shape index (κ1) is 26.3. The molecule has 3 heterocycles. The molecule has 5 rings (SSSR count). The monoisotopic (exact) mass is 542 g/mol. The van der Waals surface area contributed by atoms with Crippen molar-refractivity contribution in [3.8, 4) is 5.75 Å². The first-order valence-electron chi connectivity index (χ1n) is 12.3. The van der Waals surface area contributed by atoms with Crippen LogP contribution in [0.2, 0.25) is 0 Å². The number of nitrogens with zero attached hydrogens (tertiary/aromatic N) is 4. The number of hydrogen-bond acceptors (Lipinski definition) is 6. The fourth-order valence-corrected chi connectivity index (χ4v) is 5.36. The number of ether oxygens (including phenoxy) is 2. The maximum Gasteiger partial charge on any atom is 0.412 e. The summed E-state index contributed by atoms with van der Waals surface area (Å²) in [6, 6.07) is 7.89. The molecular formula is C27H25F3N4O5. The molecule has 2 amide bonds. The van der Waals surface area contributed by atoms with E-state index in [0.717, 1.165) is 17.2 Å². The highest BCUT2D eigenvalue weighted by molar-refractivity contribution is 5.96. The van der Waals surface area contributed by atoms with Gasteiger partial charge in [0.25, 0.3) is 5.91 Å². The highest BCUT2D eigenvalue weighted by Gasteiger charge is 2.49. The van der Waals surface area contributed by atoms with Crippen LogP contribution in [0.4, 0.5) is 18.0 Å². The van der Waals surface area contributed by atoms with Crippen molar-refractivity contribution in [2.75, 3.05) is 27.4 Å². The highest BCUT2D eigenvalue weighted by atomic mass is 19.2. The number of carbonyl (C=O) groups excluding carboxylic acids is 2. The van der Waals surface area contributed by atoms with Gasteiger partial charge in [0, 0.05) is 32.1 Å². The van der Waals surface area contributed by atoms with Crippen LogP contribution in [0, 0.1) is 17.5 Å². The molecule has 2 aliphatic rings. The Labute approximate surface area is 221 Å². The van der Waals surface area contributed by atoms with Gasteiger partial charge in [-0.25, -0.2) is 18.0 Å². The van der Waals surface area contributed by atoms with E-state index in [-0.39, 0.29) is 11.3 Å². The third kappa shape index (κ3) is 4.70. The number of benzene rings is 2. The number of carbonyl (C=O) groups is 2. The minimum Gasteiger partial charge on any atom is -0.451 e. The van der Waals surface area contributed by atoms with Crippen LogP contribution in [0.25, 0.3) is 0 Å². The molecule has 0 radical (unpaired) electrons. The molecule has 0 spiro atoms. The quantitative estimate of drug-likeness (QED) is 0.441. The molecule has 9 nitrogen and oxygen atoms in total. The molecule has 1 aromatic heterocycles. The lowest BCUT2D eigenvalue weighted by molar-refractivity contribution is 0.0374. The summed E-state index contributed by atoms with van der Waals surface area (Å²) in [7, 11) is 2.93. The molecule has 0 bridgehead atoms. The van der Waals surface area contributed by atoms with E-state index in [4.69, 9.17) is 9.47 Å². The summed E-state index contributed by atoms with van der Waals surface area (Å²) in [5, 5.41) is 4.24. The van der Waals surface area contributed by atoms with Gasteiger partial charge in [-0.1, -0.05) is 24.3 Å². The third-order valence-electron chi connectivity index (χ3n) is 7.02. The highest BCUT2D eigenvalue weighted by Crippen LogP contribution is 2.46. The SMILES string of the molecule is CN(C)C(=O)OCOc1c2n(ncc1=O)[C@@H](C(c1cccc(F)c1)c1cccc(F)c1F)[C@H]1CCCN1C2=O. The summed E-state index contributed by atoms with van der Waals surface area (Å²) in [5.41, 5.74) is -0.670. The summed E-state index contributed by atoms with van der Waals surface area (Å²) in [5.74, 6) is -4.69. The van der Waals surface area contributed by atoms with Gasteiger partial charge in [-0.3, -0.25) is 14.3 Å². The Balaban J connectivity index is 1.69. The van der Waals surface area contributed by atoms with Crippen molar-refractivity contribution in [2.24, 2.45) is 0 Å². The molecule has 2 aromatic carbocycles. The van der Waals surface area contributed by atoms with Gasteiger partial charge in [-0.15, -0.1) is 0 Å². The zero-order valence-electron chi connectivity index (χ0n) is 21.1. The van der Waals surface area contributed by atoms with Gasteiger partial charge < -0.3 is 19.3 Å². The lowest BCUT2D eigenvalue weighted by Gasteiger charge is -2.42. The normalized spacial score (nSPS) is 18.8. The third-order valence-corrected chi connectivity index (χ3v) is 7.02. The van der Waals surface area contributed by atoms with Gasteiger partial charge in [-0.2, -0.15) is 5.10 Å². The molecule has 12 heteroatoms. The minimum atomic E-state index is -1.11. The Morgan fingerprint density at radius 3 is 2.67 bits per heavy atom. The Morgan fingerprint density at radius 1 is 1.15 bits per heavy atom. The van der Waals surface area contributed by atoms with Gasteiger partial charge in [0.2, 0.25) is 18.0 Å². The number of amides is 2. The predicted octanol–water partition coefficient (Wildman–Crippen LogP) is 3.69. The van der Waals surface area contributed by atoms with E-state index in [1.807, 2.05) is 0 Å². The smallest absolute Gasteiger partial charge is 0.412 e. The van der Waals surface area contributed by atoms with E-state index in [1.54, 1.807) is 11.0 Å². The number of aromatic nitrogens is 2. The second-order valence-corrected chi connectivity index (χ2v) is 9.57. The van der Waals surface area contributed by atoms with E-state index in [2.05, 4.69) is 5.10 Å². The van der Waals surface area contributed by atoms with Crippen LogP contribution in [0.5, 0.6) is 5.75 Å². The van der Waals surface area contributed by atoms with Crippen molar-refractivity contribution >= 4 is 12.0 Å². The molecule has 204 valence electrons. The van der Waals surface area contributed by atoms with Crippen LogP contribution in [-0.4, -0.2) is 65.1 Å². The number of hydrogen-bond donors (Lipinski definition) is 0. The maximum absolute atomic E-state index is 15.3. The molecule has 39 heavy (non-hydrogen) atoms. The van der Waals surface area contributed by atoms with Crippen LogP contribution < -0.4 is 10.2 Å². The average molecular weight is 543 g/mol. The molecule has 0 aliphatic carbocycles. The van der Waals surface area contributed by atoms with Crippen LogP contribution in [0.1, 0.15) is 46.4 Å². The van der Waals surface area contributed by atoms with E-state index >= 15 is 4.39 Å². The zero-order valence-corrected chi connectivity index (χ0v) is 21.1. The number of halogens is 3. The van der Waals surface area contributed by atoms with Crippen LogP contribution >= 0.6 is 0 Å². The molecule has 3 atom stereocenters. The Morgan fingerprint density at radius 2 is 1.92 bits per heavy atom. The van der Waals surface area contributed by atoms with Crippen molar-refractivity contribution < 1.29 is 32.2 Å². The van der Waals surface area contributed by atoms with Crippen molar-refractivity contribution in [3.05, 3.63) is 93.2 Å². The second-order valence-electron chi connectivity index (χ2n) is 9.57. The van der Waals surface area contributed by atoms with E-state index in [1.165, 1.54) is 49.1 Å². The molecule has 0 saturated carbocycles. The Hall–Kier alpha value is -4.35. The number of fused-ring (bicyclic) bond motifs is 2. The Kier molecular flexibility index (Phi) is 7.02. The molecule has 1 unspecified atom stereocenters. The van der Waals surface area contributed by atoms with Crippen LogP contribution in [-0.2, 0) is 4.74 Å². The lowest BCUT2D eigenvalue weighted by atomic mass is 9.79. The van der Waals surface area contributed by atoms with Gasteiger partial charge in [0.15, 0.2) is 17.3 Å². The summed E-state index contributed by atoms with van der Waals surface area (Å²) >= 11 is 0. The zero-order chi connectivity index (χ0) is 27.8. The first-order valence-corrected chi connectivity index (χ1v) is 12.3. The van der Waals surface area contributed by atoms with Gasteiger partial charge in [0.1, 0.15) is 5.82 Å². The van der Waals surface area contributed by atoms with Gasteiger partial charge in [-0.05, 0) is 36.6 Å². The fraction of sp³-hybridized carbons (Fsp3) is 0.333. The van der Waals surface area contributed by atoms with Crippen LogP contribution in [0.3, 0.4) is 0 Å². The topological polar surface area (TPSA) is 94.0 Å². The second kappa shape index (κ2) is 10.4. The van der Waals surface area contributed by atoms with Gasteiger partial charge >= 0.3 is 6.09 Å². The molecule has 1 fully saturated rings. The summed E-state index contributed by atoms with van der Waals surface area (Å²) in [6.07, 6.45) is 1.35. The molecule has 0 N–H and O–H groups in total. The molecule has 3 aromatic rings. The lowest BCUT2D eigenvalue weighted by Crippen LogP contribution is -2.51. The summed E-state index contributed by atoms with van der Waals surface area (Å²) < 4.78 is 56.0. The summed E-state index contributed by atoms with van der Waals surface area (Å²) in [6.45, 7) is -0.309. The van der Waals surface area contributed by atoms with Crippen molar-refractivity contribution in [2.45, 2.75) is 30.8 Å². The minimum absolute atomic E-state index is 0.0550. The first-order chi connectivity index (χ1) is 18.7. The summed E-state index contributed by atoms with van der Waals surface area (Å²) in [4.78, 5) is 41.0. The van der Waals surface area contributed by atoms with E-state index < -0.39 is 65.4 Å². The largest absolute Gasteiger partial charge is 0.451 e. The van der Waals surface area contributed by atoms with E-state index in [0.29, 0.717) is 24.9 Å². The molecule has 2 aliphatic heterocycles. The van der Waals surface area contributed by atoms with Crippen molar-refractivity contribution in [3.63, 3.8) is 0 Å². The van der Waals surface area contributed by atoms with Crippen molar-refractivity contribution in [1.29, 1.82) is 0 Å². The molecule has 1 saturated heterocycles. The van der Waals surface area contributed by atoms with Crippen molar-refractivity contribution in [1.82, 2.24) is 19.6 Å². The Bertz CT molecular complexity index is 1490. The maximum atomic E-state index is 15.3. The van der Waals surface area contributed by atoms with E-state index in [9.17, 15) is 23.2 Å². The average Bonchev–Trinajstić information content (AvgIpc) is 3.39. The van der Waals surface area contributed by atoms with Crippen LogP contribution in [0.15, 0.2) is 53.5 Å². The fourth-order valence-electron chi connectivity index (χ4n) is 5.36. The standard InChI is InChI=1S/C27H25F3N4O5/c1-32(2)27(37)39-14-38-25-20(35)13-31-34-23(19-10-5-11-33(19)26(36)24(25)34)21(15-6-3-7-16(28)12-15)17-8-4-9-18(29)22(17)30/h3-4,6-9,12-13,19,21,23H,5,10-11,14H2,1-2H3/t19-,21?,23-/m1/s1. The molecular weight excluding hydrogens is 517 g/mol.